The molecule has 0 radical (unpaired) electrons. The molecule has 3 N–H and O–H groups in total. The summed E-state index contributed by atoms with van der Waals surface area (Å²) in [6.45, 7) is 3.68. The van der Waals surface area contributed by atoms with Gasteiger partial charge in [-0.2, -0.15) is 0 Å². The highest BCUT2D eigenvalue weighted by Crippen LogP contribution is 2.18. The van der Waals surface area contributed by atoms with E-state index in [9.17, 15) is 14.4 Å². The summed E-state index contributed by atoms with van der Waals surface area (Å²) in [4.78, 5) is 41.0. The average molecular weight is 400 g/mol. The second-order valence-electron chi connectivity index (χ2n) is 6.16. The molecule has 0 unspecified atom stereocenters. The monoisotopic (exact) mass is 400 g/mol. The van der Waals surface area contributed by atoms with Crippen LogP contribution in [0.3, 0.4) is 0 Å². The van der Waals surface area contributed by atoms with Gasteiger partial charge in [0.2, 0.25) is 5.91 Å². The Hall–Kier alpha value is -3.14. The number of benzene rings is 1. The van der Waals surface area contributed by atoms with Crippen LogP contribution in [0.25, 0.3) is 10.9 Å². The summed E-state index contributed by atoms with van der Waals surface area (Å²) in [6, 6.07) is 8.63. The van der Waals surface area contributed by atoms with Crippen LogP contribution in [0.4, 0.5) is 5.82 Å². The third kappa shape index (κ3) is 4.22. The van der Waals surface area contributed by atoms with E-state index < -0.39 is 0 Å². The normalized spacial score (nSPS) is 10.9. The van der Waals surface area contributed by atoms with E-state index in [1.54, 1.807) is 37.3 Å². The van der Waals surface area contributed by atoms with E-state index in [0.29, 0.717) is 21.8 Å². The van der Waals surface area contributed by atoms with Gasteiger partial charge in [0, 0.05) is 31.8 Å². The Morgan fingerprint density at radius 1 is 1.29 bits per heavy atom. The topological polar surface area (TPSA) is 125 Å². The molecule has 0 fully saturated rings. The number of hydrogen-bond acceptors (Lipinski definition) is 7. The second-order valence-corrected chi connectivity index (χ2v) is 7.10. The largest absolute Gasteiger partial charge is 0.382 e. The van der Waals surface area contributed by atoms with Crippen LogP contribution in [0.1, 0.15) is 17.4 Å². The van der Waals surface area contributed by atoms with E-state index >= 15 is 0 Å². The van der Waals surface area contributed by atoms with Gasteiger partial charge in [-0.15, -0.1) is 5.10 Å². The van der Waals surface area contributed by atoms with Crippen LogP contribution in [-0.2, 0) is 11.3 Å². The predicted molar refractivity (Wildman–Crippen MR) is 107 cm³/mol. The van der Waals surface area contributed by atoms with E-state index in [4.69, 9.17) is 5.73 Å². The highest BCUT2D eigenvalue weighted by Gasteiger charge is 2.15. The molecule has 28 heavy (non-hydrogen) atoms. The van der Waals surface area contributed by atoms with Crippen molar-refractivity contribution < 1.29 is 9.59 Å². The zero-order valence-electron chi connectivity index (χ0n) is 15.5. The molecule has 146 valence electrons. The number of hydrogen-bond donors (Lipinski definition) is 2. The molecule has 0 atom stereocenters. The molecule has 2 aromatic heterocycles. The number of rotatable bonds is 6. The van der Waals surface area contributed by atoms with Crippen molar-refractivity contribution in [3.8, 4) is 0 Å². The van der Waals surface area contributed by atoms with Gasteiger partial charge in [-0.1, -0.05) is 23.9 Å². The number of nitrogens with one attached hydrogen (secondary N) is 1. The van der Waals surface area contributed by atoms with Gasteiger partial charge in [-0.05, 0) is 19.1 Å². The Bertz CT molecular complexity index is 1100. The van der Waals surface area contributed by atoms with Crippen molar-refractivity contribution in [3.63, 3.8) is 0 Å². The molecule has 10 heteroatoms. The number of thioether (sulfide) groups is 1. The van der Waals surface area contributed by atoms with Crippen molar-refractivity contribution in [1.82, 2.24) is 24.6 Å². The highest BCUT2D eigenvalue weighted by atomic mass is 32.2. The number of fused-ring (bicyclic) bond motifs is 1. The minimum atomic E-state index is -0.269. The summed E-state index contributed by atoms with van der Waals surface area (Å²) < 4.78 is 2.71. The molecule has 0 aliphatic heterocycles. The maximum Gasteiger partial charge on any atom is 0.262 e. The van der Waals surface area contributed by atoms with E-state index in [0.717, 1.165) is 11.8 Å². The number of carbonyl (C=O) groups excluding carboxylic acids is 2. The lowest BCUT2D eigenvalue weighted by molar-refractivity contribution is -0.119. The minimum Gasteiger partial charge on any atom is -0.382 e. The maximum absolute atomic E-state index is 12.9. The van der Waals surface area contributed by atoms with Crippen LogP contribution < -0.4 is 16.6 Å². The fourth-order valence-corrected chi connectivity index (χ4v) is 3.60. The van der Waals surface area contributed by atoms with E-state index in [1.807, 2.05) is 0 Å². The number of aromatic nitrogens is 4. The molecule has 0 saturated carbocycles. The molecular weight excluding hydrogens is 380 g/mol. The van der Waals surface area contributed by atoms with Gasteiger partial charge >= 0.3 is 0 Å². The summed E-state index contributed by atoms with van der Waals surface area (Å²) in [6.07, 6.45) is 0. The van der Waals surface area contributed by atoms with Crippen LogP contribution >= 0.6 is 11.8 Å². The first-order chi connectivity index (χ1) is 13.4. The molecular formula is C18H20N6O3S. The number of nitrogens with two attached hydrogens (primary N) is 1. The molecule has 1 amide bonds. The number of para-hydroxylation sites is 1. The Balaban J connectivity index is 1.89. The number of nitrogens with zero attached hydrogens (tertiary/aromatic N) is 4. The smallest absolute Gasteiger partial charge is 0.262 e. The van der Waals surface area contributed by atoms with Crippen molar-refractivity contribution in [2.45, 2.75) is 25.5 Å². The Morgan fingerprint density at radius 3 is 2.71 bits per heavy atom. The van der Waals surface area contributed by atoms with Gasteiger partial charge in [0.15, 0.2) is 5.16 Å². The van der Waals surface area contributed by atoms with Crippen LogP contribution in [0, 0.1) is 6.92 Å². The van der Waals surface area contributed by atoms with Crippen molar-refractivity contribution in [3.05, 3.63) is 46.4 Å². The SMILES string of the molecule is CC(=O)NCCn1c(SCC(=O)n2nc(N)cc2C)nc2ccccc2c1=O. The summed E-state index contributed by atoms with van der Waals surface area (Å²) in [5.41, 5.74) is 6.60. The van der Waals surface area contributed by atoms with Gasteiger partial charge in [-0.25, -0.2) is 9.67 Å². The summed E-state index contributed by atoms with van der Waals surface area (Å²) >= 11 is 1.14. The third-order valence-electron chi connectivity index (χ3n) is 4.00. The molecule has 2 heterocycles. The zero-order chi connectivity index (χ0) is 20.3. The molecule has 0 bridgehead atoms. The van der Waals surface area contributed by atoms with Crippen molar-refractivity contribution in [1.29, 1.82) is 0 Å². The molecule has 0 saturated heterocycles. The molecule has 1 aromatic carbocycles. The standard InChI is InChI=1S/C18H20N6O3S/c1-11-9-15(19)22-24(11)16(26)10-28-18-21-14-6-4-3-5-13(14)17(27)23(18)8-7-20-12(2)25/h3-6,9H,7-8,10H2,1-2H3,(H2,19,22)(H,20,25). The quantitative estimate of drug-likeness (QED) is 0.468. The molecule has 9 nitrogen and oxygen atoms in total. The van der Waals surface area contributed by atoms with Crippen molar-refractivity contribution in [2.24, 2.45) is 0 Å². The van der Waals surface area contributed by atoms with Gasteiger partial charge in [0.25, 0.3) is 11.5 Å². The van der Waals surface area contributed by atoms with Crippen LogP contribution in [0.5, 0.6) is 0 Å². The second kappa shape index (κ2) is 8.26. The van der Waals surface area contributed by atoms with Gasteiger partial charge in [0.05, 0.1) is 16.7 Å². The minimum absolute atomic E-state index is 0.0346. The van der Waals surface area contributed by atoms with Crippen LogP contribution in [0.2, 0.25) is 0 Å². The van der Waals surface area contributed by atoms with Crippen molar-refractivity contribution >= 4 is 40.3 Å². The van der Waals surface area contributed by atoms with E-state index in [-0.39, 0.29) is 42.0 Å². The fourth-order valence-electron chi connectivity index (χ4n) is 2.74. The number of amides is 1. The maximum atomic E-state index is 12.9. The highest BCUT2D eigenvalue weighted by molar-refractivity contribution is 7.99. The number of carbonyl (C=O) groups is 2. The lowest BCUT2D eigenvalue weighted by Crippen LogP contribution is -2.31. The predicted octanol–water partition coefficient (Wildman–Crippen LogP) is 1.05. The molecule has 3 aromatic rings. The Labute approximate surface area is 164 Å². The lowest BCUT2D eigenvalue weighted by atomic mass is 10.2. The first-order valence-electron chi connectivity index (χ1n) is 8.59. The number of aryl methyl sites for hydroxylation is 1. The zero-order valence-corrected chi connectivity index (χ0v) is 16.3. The van der Waals surface area contributed by atoms with Gasteiger partial charge < -0.3 is 11.1 Å². The average Bonchev–Trinajstić information content (AvgIpc) is 3.00. The first-order valence-corrected chi connectivity index (χ1v) is 9.57. The van der Waals surface area contributed by atoms with Gasteiger partial charge in [0.1, 0.15) is 5.82 Å². The first kappa shape index (κ1) is 19.6. The van der Waals surface area contributed by atoms with Crippen molar-refractivity contribution in [2.75, 3.05) is 18.0 Å². The van der Waals surface area contributed by atoms with Gasteiger partial charge in [-0.3, -0.25) is 19.0 Å². The Morgan fingerprint density at radius 2 is 2.04 bits per heavy atom. The molecule has 0 spiro atoms. The fraction of sp³-hybridized carbons (Fsp3) is 0.278. The van der Waals surface area contributed by atoms with E-state index in [1.165, 1.54) is 16.2 Å². The van der Waals surface area contributed by atoms with Crippen LogP contribution in [0.15, 0.2) is 40.3 Å². The summed E-state index contributed by atoms with van der Waals surface area (Å²) in [5.74, 6) is -0.146. The lowest BCUT2D eigenvalue weighted by Gasteiger charge is -2.13. The number of anilines is 1. The molecule has 3 rings (SSSR count). The molecule has 0 aliphatic carbocycles. The Kier molecular flexibility index (Phi) is 5.78. The summed E-state index contributed by atoms with van der Waals surface area (Å²) in [5, 5.41) is 7.53. The van der Waals surface area contributed by atoms with E-state index in [2.05, 4.69) is 15.4 Å². The third-order valence-corrected chi connectivity index (χ3v) is 4.96. The summed E-state index contributed by atoms with van der Waals surface area (Å²) in [7, 11) is 0. The molecule has 0 aliphatic rings. The van der Waals surface area contributed by atoms with Crippen LogP contribution in [-0.4, -0.2) is 43.4 Å². The number of nitrogen functional groups attached to an aromatic ring is 1.